The summed E-state index contributed by atoms with van der Waals surface area (Å²) in [5.74, 6) is 0.0426. The summed E-state index contributed by atoms with van der Waals surface area (Å²) in [7, 11) is 0. The average Bonchev–Trinajstić information content (AvgIpc) is 3.55. The van der Waals surface area contributed by atoms with E-state index in [-0.39, 0.29) is 11.8 Å². The lowest BCUT2D eigenvalue weighted by molar-refractivity contribution is 0.0926. The molecule has 3 heterocycles. The van der Waals surface area contributed by atoms with Gasteiger partial charge in [0, 0.05) is 0 Å². The molecule has 3 aromatic carbocycles. The fourth-order valence-electron chi connectivity index (χ4n) is 3.81. The minimum Gasteiger partial charge on any atom is -0.448 e. The maximum absolute atomic E-state index is 12.8. The SMILES string of the molecule is Cc1ccc(N=Cc2ccc(Sc3nc4ccc(N5C(=O)c6ccccc6C5=O)cc4s3)o2)cc1. The number of fused-ring (bicyclic) bond motifs is 2. The van der Waals surface area contributed by atoms with Crippen molar-refractivity contribution in [1.29, 1.82) is 0 Å². The first kappa shape index (κ1) is 21.5. The first-order valence-corrected chi connectivity index (χ1v) is 12.5. The van der Waals surface area contributed by atoms with E-state index in [0.29, 0.717) is 27.7 Å². The number of anilines is 1. The van der Waals surface area contributed by atoms with Crippen LogP contribution in [0.25, 0.3) is 10.2 Å². The number of hydrogen-bond donors (Lipinski definition) is 0. The molecule has 1 aliphatic rings. The fourth-order valence-corrected chi connectivity index (χ4v) is 5.81. The summed E-state index contributed by atoms with van der Waals surface area (Å²) in [4.78, 5) is 36.0. The zero-order valence-electron chi connectivity index (χ0n) is 18.5. The highest BCUT2D eigenvalue weighted by atomic mass is 32.2. The standard InChI is InChI=1S/C27H17N3O3S2/c1-16-6-8-17(9-7-16)28-15-19-11-13-24(33-19)35-27-29-22-12-10-18(14-23(22)34-27)30-25(31)20-4-2-3-5-21(20)26(30)32/h2-15H,1H3. The molecule has 5 aromatic rings. The van der Waals surface area contributed by atoms with E-state index in [1.165, 1.54) is 33.6 Å². The van der Waals surface area contributed by atoms with E-state index in [1.54, 1.807) is 36.5 Å². The summed E-state index contributed by atoms with van der Waals surface area (Å²) in [5.41, 5.74) is 4.24. The molecule has 0 saturated heterocycles. The molecule has 6 nitrogen and oxygen atoms in total. The molecule has 0 N–H and O–H groups in total. The van der Waals surface area contributed by atoms with Crippen LogP contribution in [0.4, 0.5) is 11.4 Å². The molecule has 35 heavy (non-hydrogen) atoms. The summed E-state index contributed by atoms with van der Waals surface area (Å²) in [5, 5.41) is 0.704. The number of furan rings is 1. The quantitative estimate of drug-likeness (QED) is 0.196. The minimum absolute atomic E-state index is 0.306. The first-order valence-electron chi connectivity index (χ1n) is 10.8. The Morgan fingerprint density at radius 3 is 2.43 bits per heavy atom. The Morgan fingerprint density at radius 2 is 1.69 bits per heavy atom. The number of aryl methyl sites for hydroxylation is 1. The van der Waals surface area contributed by atoms with Crippen LogP contribution in [-0.2, 0) is 0 Å². The van der Waals surface area contributed by atoms with Gasteiger partial charge in [-0.15, -0.1) is 11.3 Å². The number of rotatable bonds is 5. The second kappa shape index (κ2) is 8.65. The van der Waals surface area contributed by atoms with E-state index in [1.807, 2.05) is 55.5 Å². The van der Waals surface area contributed by atoms with E-state index in [2.05, 4.69) is 9.98 Å². The Balaban J connectivity index is 1.21. The molecule has 0 unspecified atom stereocenters. The maximum atomic E-state index is 12.8. The Hall–Kier alpha value is -4.01. The zero-order valence-corrected chi connectivity index (χ0v) is 20.1. The van der Waals surface area contributed by atoms with Crippen molar-refractivity contribution < 1.29 is 14.0 Å². The summed E-state index contributed by atoms with van der Waals surface area (Å²) < 4.78 is 7.57. The Morgan fingerprint density at radius 1 is 0.943 bits per heavy atom. The number of nitrogens with zero attached hydrogens (tertiary/aromatic N) is 3. The van der Waals surface area contributed by atoms with Crippen LogP contribution in [0.3, 0.4) is 0 Å². The van der Waals surface area contributed by atoms with Gasteiger partial charge in [-0.25, -0.2) is 9.88 Å². The van der Waals surface area contributed by atoms with Gasteiger partial charge in [0.15, 0.2) is 9.43 Å². The molecule has 0 spiro atoms. The van der Waals surface area contributed by atoms with E-state index >= 15 is 0 Å². The van der Waals surface area contributed by atoms with Crippen LogP contribution in [0.1, 0.15) is 32.0 Å². The van der Waals surface area contributed by atoms with Crippen LogP contribution in [0.2, 0.25) is 0 Å². The van der Waals surface area contributed by atoms with Gasteiger partial charge in [0.1, 0.15) is 5.76 Å². The molecule has 0 bridgehead atoms. The highest BCUT2D eigenvalue weighted by Crippen LogP contribution is 2.37. The predicted octanol–water partition coefficient (Wildman–Crippen LogP) is 6.90. The summed E-state index contributed by atoms with van der Waals surface area (Å²) in [6.07, 6.45) is 1.70. The Bertz CT molecular complexity index is 1600. The normalized spacial score (nSPS) is 13.3. The van der Waals surface area contributed by atoms with Crippen LogP contribution in [0.5, 0.6) is 0 Å². The molecule has 0 fully saturated rings. The Labute approximate surface area is 208 Å². The van der Waals surface area contributed by atoms with Gasteiger partial charge < -0.3 is 4.42 Å². The number of hydrogen-bond acceptors (Lipinski definition) is 7. The monoisotopic (exact) mass is 495 g/mol. The molecule has 0 radical (unpaired) electrons. The number of carbonyl (C=O) groups is 2. The van der Waals surface area contributed by atoms with Crippen molar-refractivity contribution in [3.05, 3.63) is 101 Å². The number of imide groups is 1. The molecule has 2 amide bonds. The van der Waals surface area contributed by atoms with E-state index in [9.17, 15) is 9.59 Å². The van der Waals surface area contributed by atoms with E-state index in [4.69, 9.17) is 4.42 Å². The third-order valence-electron chi connectivity index (χ3n) is 5.57. The lowest BCUT2D eigenvalue weighted by Crippen LogP contribution is -2.29. The minimum atomic E-state index is -0.306. The average molecular weight is 496 g/mol. The molecule has 0 saturated carbocycles. The van der Waals surface area contributed by atoms with Gasteiger partial charge in [-0.3, -0.25) is 14.6 Å². The van der Waals surface area contributed by atoms with Gasteiger partial charge in [-0.1, -0.05) is 29.8 Å². The summed E-state index contributed by atoms with van der Waals surface area (Å²) in [6.45, 7) is 2.04. The predicted molar refractivity (Wildman–Crippen MR) is 138 cm³/mol. The van der Waals surface area contributed by atoms with Crippen molar-refractivity contribution in [3.8, 4) is 0 Å². The van der Waals surface area contributed by atoms with E-state index in [0.717, 1.165) is 20.2 Å². The van der Waals surface area contributed by atoms with Crippen LogP contribution < -0.4 is 4.90 Å². The second-order valence-corrected chi connectivity index (χ2v) is 10.3. The van der Waals surface area contributed by atoms with Crippen molar-refractivity contribution >= 4 is 62.7 Å². The van der Waals surface area contributed by atoms with Crippen LogP contribution >= 0.6 is 23.1 Å². The highest BCUT2D eigenvalue weighted by molar-refractivity contribution is 8.01. The largest absolute Gasteiger partial charge is 0.448 e. The number of carbonyl (C=O) groups excluding carboxylic acids is 2. The van der Waals surface area contributed by atoms with Crippen molar-refractivity contribution in [2.45, 2.75) is 16.4 Å². The summed E-state index contributed by atoms with van der Waals surface area (Å²) in [6, 6.07) is 24.0. The van der Waals surface area contributed by atoms with Gasteiger partial charge in [0.05, 0.1) is 38.9 Å². The lowest BCUT2D eigenvalue weighted by Gasteiger charge is -2.13. The van der Waals surface area contributed by atoms with Gasteiger partial charge in [0.2, 0.25) is 0 Å². The topological polar surface area (TPSA) is 75.8 Å². The highest BCUT2D eigenvalue weighted by Gasteiger charge is 2.36. The maximum Gasteiger partial charge on any atom is 0.266 e. The molecule has 170 valence electrons. The smallest absolute Gasteiger partial charge is 0.266 e. The molecule has 8 heteroatoms. The van der Waals surface area contributed by atoms with Crippen LogP contribution in [-0.4, -0.2) is 23.0 Å². The van der Waals surface area contributed by atoms with Crippen molar-refractivity contribution in [2.24, 2.45) is 4.99 Å². The number of thiazole rings is 1. The fraction of sp³-hybridized carbons (Fsp3) is 0.0370. The van der Waals surface area contributed by atoms with E-state index < -0.39 is 0 Å². The van der Waals surface area contributed by atoms with Gasteiger partial charge in [-0.05, 0) is 73.3 Å². The van der Waals surface area contributed by atoms with Gasteiger partial charge >= 0.3 is 0 Å². The van der Waals surface area contributed by atoms with Crippen molar-refractivity contribution in [1.82, 2.24) is 4.98 Å². The summed E-state index contributed by atoms with van der Waals surface area (Å²) >= 11 is 2.90. The van der Waals surface area contributed by atoms with Crippen LogP contribution in [0, 0.1) is 6.92 Å². The third-order valence-corrected chi connectivity index (χ3v) is 7.57. The third kappa shape index (κ3) is 4.07. The molecule has 0 aliphatic carbocycles. The molecular formula is C27H17N3O3S2. The van der Waals surface area contributed by atoms with Crippen molar-refractivity contribution in [2.75, 3.05) is 4.90 Å². The molecule has 0 atom stereocenters. The Kier molecular flexibility index (Phi) is 5.32. The van der Waals surface area contributed by atoms with Crippen molar-refractivity contribution in [3.63, 3.8) is 0 Å². The lowest BCUT2D eigenvalue weighted by atomic mass is 10.1. The number of benzene rings is 3. The molecule has 1 aliphatic heterocycles. The number of aliphatic imine (C=N–C) groups is 1. The van der Waals surface area contributed by atoms with Gasteiger partial charge in [0.25, 0.3) is 11.8 Å². The van der Waals surface area contributed by atoms with Gasteiger partial charge in [-0.2, -0.15) is 0 Å². The first-order chi connectivity index (χ1) is 17.0. The molecular weight excluding hydrogens is 478 g/mol. The zero-order chi connectivity index (χ0) is 23.9. The number of amides is 2. The number of aromatic nitrogens is 1. The molecule has 6 rings (SSSR count). The molecule has 2 aromatic heterocycles. The second-order valence-electron chi connectivity index (χ2n) is 7.98. The van der Waals surface area contributed by atoms with Crippen LogP contribution in [0.15, 0.2) is 97.7 Å².